The number of nitrogens with one attached hydrogen (secondary N) is 1. The van der Waals surface area contributed by atoms with E-state index in [1.165, 1.54) is 6.20 Å². The van der Waals surface area contributed by atoms with E-state index in [1.54, 1.807) is 34.9 Å². The molecular weight excluding hydrogens is 374 g/mol. The van der Waals surface area contributed by atoms with Crippen molar-refractivity contribution in [3.8, 4) is 0 Å². The number of anilines is 2. The summed E-state index contributed by atoms with van der Waals surface area (Å²) in [6, 6.07) is 3.59. The summed E-state index contributed by atoms with van der Waals surface area (Å²) in [6.07, 6.45) is 4.84. The van der Waals surface area contributed by atoms with Crippen LogP contribution in [0.25, 0.3) is 5.65 Å². The van der Waals surface area contributed by atoms with Gasteiger partial charge in [-0.05, 0) is 12.1 Å². The maximum absolute atomic E-state index is 13.0. The minimum absolute atomic E-state index is 0.112. The summed E-state index contributed by atoms with van der Waals surface area (Å²) in [5.74, 6) is 0.139. The average molecular weight is 393 g/mol. The number of morpholine rings is 1. The Kier molecular flexibility index (Phi) is 4.13. The number of aromatic nitrogens is 4. The molecule has 10 nitrogen and oxygen atoms in total. The maximum atomic E-state index is 13.0. The molecule has 148 valence electrons. The molecule has 2 aliphatic rings. The van der Waals surface area contributed by atoms with Crippen LogP contribution in [0.2, 0.25) is 0 Å². The van der Waals surface area contributed by atoms with Crippen LogP contribution >= 0.6 is 0 Å². The highest BCUT2D eigenvalue weighted by molar-refractivity contribution is 6.09. The molecule has 0 bridgehead atoms. The Morgan fingerprint density at radius 2 is 2.10 bits per heavy atom. The normalized spacial score (nSPS) is 16.4. The molecule has 10 heteroatoms. The summed E-state index contributed by atoms with van der Waals surface area (Å²) in [5.41, 5.74) is 2.63. The van der Waals surface area contributed by atoms with Crippen molar-refractivity contribution in [3.05, 3.63) is 47.5 Å². The molecule has 1 fully saturated rings. The van der Waals surface area contributed by atoms with Crippen LogP contribution in [0.4, 0.5) is 11.5 Å². The van der Waals surface area contributed by atoms with E-state index in [1.807, 2.05) is 11.0 Å². The lowest BCUT2D eigenvalue weighted by atomic mass is 10.2. The van der Waals surface area contributed by atoms with Gasteiger partial charge < -0.3 is 19.9 Å². The highest BCUT2D eigenvalue weighted by Crippen LogP contribution is 2.31. The SMILES string of the molecule is CN1Cc2cc(NC(=O)c3cnn4cccnc34)c(N3CCOCC3)nc2C1=O. The Labute approximate surface area is 166 Å². The van der Waals surface area contributed by atoms with Crippen molar-refractivity contribution >= 4 is 29.0 Å². The average Bonchev–Trinajstić information content (AvgIpc) is 3.29. The lowest BCUT2D eigenvalue weighted by molar-refractivity contribution is 0.0812. The molecule has 3 aromatic rings. The summed E-state index contributed by atoms with van der Waals surface area (Å²) < 4.78 is 6.98. The topological polar surface area (TPSA) is 105 Å². The van der Waals surface area contributed by atoms with Crippen molar-refractivity contribution in [3.63, 3.8) is 0 Å². The lowest BCUT2D eigenvalue weighted by Gasteiger charge is -2.29. The third kappa shape index (κ3) is 2.97. The van der Waals surface area contributed by atoms with Crippen molar-refractivity contribution in [2.24, 2.45) is 0 Å². The first-order valence-electron chi connectivity index (χ1n) is 9.33. The molecule has 2 aliphatic heterocycles. The van der Waals surface area contributed by atoms with Crippen LogP contribution < -0.4 is 10.2 Å². The number of rotatable bonds is 3. The Morgan fingerprint density at radius 3 is 2.93 bits per heavy atom. The molecule has 0 radical (unpaired) electrons. The number of carbonyl (C=O) groups is 2. The molecule has 1 saturated heterocycles. The Hall–Kier alpha value is -3.53. The quantitative estimate of drug-likeness (QED) is 0.702. The summed E-state index contributed by atoms with van der Waals surface area (Å²) in [4.78, 5) is 37.9. The van der Waals surface area contributed by atoms with Crippen LogP contribution in [0.3, 0.4) is 0 Å². The summed E-state index contributed by atoms with van der Waals surface area (Å²) >= 11 is 0. The molecule has 2 amide bonds. The van der Waals surface area contributed by atoms with E-state index in [-0.39, 0.29) is 11.8 Å². The largest absolute Gasteiger partial charge is 0.378 e. The molecule has 3 aromatic heterocycles. The van der Waals surface area contributed by atoms with Crippen molar-refractivity contribution in [1.82, 2.24) is 24.5 Å². The van der Waals surface area contributed by atoms with Crippen molar-refractivity contribution in [2.75, 3.05) is 43.6 Å². The van der Waals surface area contributed by atoms with Crippen LogP contribution in [-0.4, -0.2) is 69.6 Å². The van der Waals surface area contributed by atoms with Crippen LogP contribution in [0.1, 0.15) is 26.4 Å². The zero-order chi connectivity index (χ0) is 20.0. The summed E-state index contributed by atoms with van der Waals surface area (Å²) in [7, 11) is 1.74. The van der Waals surface area contributed by atoms with Gasteiger partial charge in [0.05, 0.1) is 25.1 Å². The molecule has 5 rings (SSSR count). The second-order valence-corrected chi connectivity index (χ2v) is 7.03. The van der Waals surface area contributed by atoms with Gasteiger partial charge in [-0.2, -0.15) is 5.10 Å². The number of hydrogen-bond donors (Lipinski definition) is 1. The third-order valence-corrected chi connectivity index (χ3v) is 5.12. The van der Waals surface area contributed by atoms with Gasteiger partial charge in [0, 0.05) is 44.6 Å². The van der Waals surface area contributed by atoms with Gasteiger partial charge in [-0.1, -0.05) is 0 Å². The van der Waals surface area contributed by atoms with Gasteiger partial charge in [0.25, 0.3) is 11.8 Å². The number of carbonyl (C=O) groups excluding carboxylic acids is 2. The molecule has 0 aromatic carbocycles. The molecule has 0 aliphatic carbocycles. The molecule has 29 heavy (non-hydrogen) atoms. The van der Waals surface area contributed by atoms with Gasteiger partial charge in [0.2, 0.25) is 0 Å². The Morgan fingerprint density at radius 1 is 1.28 bits per heavy atom. The van der Waals surface area contributed by atoms with E-state index in [4.69, 9.17) is 4.74 Å². The van der Waals surface area contributed by atoms with Crippen molar-refractivity contribution < 1.29 is 14.3 Å². The second kappa shape index (κ2) is 6.82. The van der Waals surface area contributed by atoms with Gasteiger partial charge in [0.1, 0.15) is 11.3 Å². The molecular formula is C19H19N7O3. The Bertz CT molecular complexity index is 1120. The van der Waals surface area contributed by atoms with Crippen LogP contribution in [0.15, 0.2) is 30.7 Å². The smallest absolute Gasteiger partial charge is 0.272 e. The first-order valence-corrected chi connectivity index (χ1v) is 9.33. The first-order chi connectivity index (χ1) is 14.1. The maximum Gasteiger partial charge on any atom is 0.272 e. The Balaban J connectivity index is 1.54. The number of ether oxygens (including phenoxy) is 1. The zero-order valence-corrected chi connectivity index (χ0v) is 15.8. The predicted molar refractivity (Wildman–Crippen MR) is 104 cm³/mol. The minimum atomic E-state index is -0.326. The van der Waals surface area contributed by atoms with E-state index >= 15 is 0 Å². The van der Waals surface area contributed by atoms with E-state index in [2.05, 4.69) is 20.4 Å². The summed E-state index contributed by atoms with van der Waals surface area (Å²) in [5, 5.41) is 7.13. The van der Waals surface area contributed by atoms with Gasteiger partial charge in [-0.15, -0.1) is 0 Å². The highest BCUT2D eigenvalue weighted by atomic mass is 16.5. The number of fused-ring (bicyclic) bond motifs is 2. The third-order valence-electron chi connectivity index (χ3n) is 5.12. The standard InChI is InChI=1S/C19H19N7O3/c1-24-11-12-9-14(17(23-15(12)19(24)28)25-5-7-29-8-6-25)22-18(27)13-10-21-26-4-2-3-20-16(13)26/h2-4,9-10H,5-8,11H2,1H3,(H,22,27). The summed E-state index contributed by atoms with van der Waals surface area (Å²) in [6.45, 7) is 2.87. The minimum Gasteiger partial charge on any atom is -0.378 e. The van der Waals surface area contributed by atoms with Gasteiger partial charge in [-0.25, -0.2) is 14.5 Å². The number of amides is 2. The van der Waals surface area contributed by atoms with Crippen molar-refractivity contribution in [1.29, 1.82) is 0 Å². The molecule has 0 spiro atoms. The van der Waals surface area contributed by atoms with E-state index < -0.39 is 0 Å². The van der Waals surface area contributed by atoms with Gasteiger partial charge in [0.15, 0.2) is 11.5 Å². The monoisotopic (exact) mass is 393 g/mol. The first kappa shape index (κ1) is 17.6. The second-order valence-electron chi connectivity index (χ2n) is 7.03. The van der Waals surface area contributed by atoms with E-state index in [0.29, 0.717) is 61.3 Å². The fraction of sp³-hybridized carbons (Fsp3) is 0.316. The highest BCUT2D eigenvalue weighted by Gasteiger charge is 2.30. The van der Waals surface area contributed by atoms with E-state index in [9.17, 15) is 9.59 Å². The molecule has 0 unspecified atom stereocenters. The predicted octanol–water partition coefficient (Wildman–Crippen LogP) is 0.799. The van der Waals surface area contributed by atoms with Crippen molar-refractivity contribution in [2.45, 2.75) is 6.54 Å². The molecule has 5 heterocycles. The van der Waals surface area contributed by atoms with Gasteiger partial charge >= 0.3 is 0 Å². The molecule has 1 N–H and O–H groups in total. The van der Waals surface area contributed by atoms with Crippen LogP contribution in [-0.2, 0) is 11.3 Å². The molecule has 0 atom stereocenters. The van der Waals surface area contributed by atoms with Crippen LogP contribution in [0, 0.1) is 0 Å². The van der Waals surface area contributed by atoms with Crippen LogP contribution in [0.5, 0.6) is 0 Å². The number of pyridine rings is 1. The zero-order valence-electron chi connectivity index (χ0n) is 15.8. The number of nitrogens with zero attached hydrogens (tertiary/aromatic N) is 6. The fourth-order valence-corrected chi connectivity index (χ4v) is 3.64. The lowest BCUT2D eigenvalue weighted by Crippen LogP contribution is -2.37. The number of hydrogen-bond acceptors (Lipinski definition) is 7. The fourth-order valence-electron chi connectivity index (χ4n) is 3.64. The van der Waals surface area contributed by atoms with Gasteiger partial charge in [-0.3, -0.25) is 9.59 Å². The molecule has 0 saturated carbocycles. The van der Waals surface area contributed by atoms with E-state index in [0.717, 1.165) is 5.56 Å².